The van der Waals surface area contributed by atoms with Crippen molar-refractivity contribution in [3.05, 3.63) is 176 Å². The van der Waals surface area contributed by atoms with Crippen molar-refractivity contribution in [2.24, 2.45) is 0 Å². The van der Waals surface area contributed by atoms with Gasteiger partial charge in [0.2, 0.25) is 0 Å². The van der Waals surface area contributed by atoms with Gasteiger partial charge < -0.3 is 0 Å². The summed E-state index contributed by atoms with van der Waals surface area (Å²) in [6.45, 7) is 0. The fourth-order valence-electron chi connectivity index (χ4n) is 6.52. The van der Waals surface area contributed by atoms with E-state index in [2.05, 4.69) is 114 Å². The first kappa shape index (κ1) is 27.2. The summed E-state index contributed by atoms with van der Waals surface area (Å²) in [6, 6.07) is 60.4. The number of fused-ring (bicyclic) bond motifs is 3. The van der Waals surface area contributed by atoms with Gasteiger partial charge in [0, 0.05) is 0 Å². The number of hydrogen-bond donors (Lipinski definition) is 1. The molecule has 0 radical (unpaired) electrons. The molecule has 8 aromatic rings. The van der Waals surface area contributed by atoms with E-state index in [1.54, 1.807) is 0 Å². The van der Waals surface area contributed by atoms with E-state index in [-0.39, 0.29) is 0 Å². The number of aromatic nitrogens is 2. The molecule has 0 unspecified atom stereocenters. The molecule has 0 bridgehead atoms. The van der Waals surface area contributed by atoms with Crippen LogP contribution in [-0.4, -0.2) is 14.7 Å². The summed E-state index contributed by atoms with van der Waals surface area (Å²) in [5.41, 5.74) is 6.33. The van der Waals surface area contributed by atoms with Crippen molar-refractivity contribution in [1.82, 2.24) is 9.78 Å². The van der Waals surface area contributed by atoms with Crippen molar-refractivity contribution in [3.8, 4) is 28.1 Å². The van der Waals surface area contributed by atoms with Gasteiger partial charge in [0.25, 0.3) is 0 Å². The summed E-state index contributed by atoms with van der Waals surface area (Å²) in [5.74, 6) is 0. The zero-order valence-corrected chi connectivity index (χ0v) is 25.6. The van der Waals surface area contributed by atoms with Crippen LogP contribution in [0.5, 0.6) is 0 Å². The van der Waals surface area contributed by atoms with E-state index in [1.807, 2.05) is 66.7 Å². The molecule has 3 nitrogen and oxygen atoms in total. The Morgan fingerprint density at radius 3 is 1.58 bits per heavy atom. The first-order valence-electron chi connectivity index (χ1n) is 15.2. The molecule has 4 heteroatoms. The van der Waals surface area contributed by atoms with Crippen molar-refractivity contribution in [2.75, 3.05) is 0 Å². The Labute approximate surface area is 263 Å². The summed E-state index contributed by atoms with van der Waals surface area (Å²) in [5, 5.41) is 11.6. The third-order valence-corrected chi connectivity index (χ3v) is 12.2. The summed E-state index contributed by atoms with van der Waals surface area (Å²) in [4.78, 5) is 12.5. The van der Waals surface area contributed by atoms with Crippen LogP contribution in [0.25, 0.3) is 49.7 Å². The average molecular weight is 599 g/mol. The Morgan fingerprint density at radius 1 is 0.489 bits per heavy atom. The second kappa shape index (κ2) is 11.3. The SMILES string of the molecule is O[PH](c1ccccc1)(c1ccccc1)c1ccc(-n2nc(-c3ccccc3)c3c(-c4ccccc4)cc4ccccc4c32)cc1. The van der Waals surface area contributed by atoms with Gasteiger partial charge in [-0.25, -0.2) is 0 Å². The molecule has 0 aliphatic rings. The second-order valence-corrected chi connectivity index (χ2v) is 14.5. The van der Waals surface area contributed by atoms with Gasteiger partial charge in [0.05, 0.1) is 0 Å². The zero-order valence-electron chi connectivity index (χ0n) is 24.6. The van der Waals surface area contributed by atoms with Gasteiger partial charge in [-0.3, -0.25) is 0 Å². The van der Waals surface area contributed by atoms with Gasteiger partial charge in [-0.15, -0.1) is 0 Å². The first-order valence-corrected chi connectivity index (χ1v) is 17.2. The van der Waals surface area contributed by atoms with Crippen molar-refractivity contribution >= 4 is 45.1 Å². The minimum absolute atomic E-state index is 0.929. The van der Waals surface area contributed by atoms with E-state index < -0.39 is 7.49 Å². The molecule has 0 aliphatic carbocycles. The Bertz CT molecular complexity index is 2210. The summed E-state index contributed by atoms with van der Waals surface area (Å²) < 4.78 is 2.09. The van der Waals surface area contributed by atoms with Gasteiger partial charge in [-0.05, 0) is 0 Å². The molecular formula is C41H31N2OP. The zero-order chi connectivity index (χ0) is 30.2. The third-order valence-electron chi connectivity index (χ3n) is 8.72. The maximum atomic E-state index is 12.5. The van der Waals surface area contributed by atoms with Crippen LogP contribution in [0.4, 0.5) is 0 Å². The number of hydrogen-bond acceptors (Lipinski definition) is 2. The van der Waals surface area contributed by atoms with Crippen LogP contribution in [-0.2, 0) is 0 Å². The van der Waals surface area contributed by atoms with Crippen molar-refractivity contribution < 1.29 is 4.89 Å². The fraction of sp³-hybridized carbons (Fsp3) is 0. The fourth-order valence-corrected chi connectivity index (χ4v) is 9.52. The van der Waals surface area contributed by atoms with Crippen LogP contribution in [0.3, 0.4) is 0 Å². The molecular weight excluding hydrogens is 567 g/mol. The normalized spacial score (nSPS) is 12.0. The molecule has 0 atom stereocenters. The van der Waals surface area contributed by atoms with Gasteiger partial charge in [0.15, 0.2) is 0 Å². The van der Waals surface area contributed by atoms with Crippen LogP contribution in [0.15, 0.2) is 176 Å². The van der Waals surface area contributed by atoms with Gasteiger partial charge in [0.1, 0.15) is 0 Å². The summed E-state index contributed by atoms with van der Waals surface area (Å²) in [7, 11) is -3.23. The molecule has 1 N–H and O–H groups in total. The van der Waals surface area contributed by atoms with Crippen LogP contribution in [0.1, 0.15) is 0 Å². The van der Waals surface area contributed by atoms with E-state index in [0.29, 0.717) is 0 Å². The van der Waals surface area contributed by atoms with Gasteiger partial charge in [-0.1, -0.05) is 0 Å². The molecule has 216 valence electrons. The molecule has 1 aromatic heterocycles. The van der Waals surface area contributed by atoms with Gasteiger partial charge in [-0.2, -0.15) is 0 Å². The molecule has 45 heavy (non-hydrogen) atoms. The molecule has 1 heterocycles. The van der Waals surface area contributed by atoms with E-state index >= 15 is 0 Å². The maximum absolute atomic E-state index is 12.5. The van der Waals surface area contributed by atoms with Crippen LogP contribution >= 0.6 is 7.49 Å². The topological polar surface area (TPSA) is 38.0 Å². The predicted octanol–water partition coefficient (Wildman–Crippen LogP) is 8.45. The first-order chi connectivity index (χ1) is 22.2. The molecule has 0 fully saturated rings. The van der Waals surface area contributed by atoms with Crippen LogP contribution in [0.2, 0.25) is 0 Å². The monoisotopic (exact) mass is 598 g/mol. The average Bonchev–Trinajstić information content (AvgIpc) is 3.54. The molecule has 0 spiro atoms. The van der Waals surface area contributed by atoms with Crippen LogP contribution < -0.4 is 15.9 Å². The molecule has 0 saturated heterocycles. The Hall–Kier alpha value is -5.34. The molecule has 7 aromatic carbocycles. The number of rotatable bonds is 6. The molecule has 0 aliphatic heterocycles. The number of nitrogens with zero attached hydrogens (tertiary/aromatic N) is 2. The Balaban J connectivity index is 1.38. The quantitative estimate of drug-likeness (QED) is 0.195. The van der Waals surface area contributed by atoms with Crippen molar-refractivity contribution in [3.63, 3.8) is 0 Å². The van der Waals surface area contributed by atoms with Crippen LogP contribution in [0, 0.1) is 0 Å². The van der Waals surface area contributed by atoms with Crippen molar-refractivity contribution in [1.29, 1.82) is 0 Å². The van der Waals surface area contributed by atoms with E-state index in [0.717, 1.165) is 65.7 Å². The standard InChI is InChI=1S/C41H31N2OP/c44-45(34-20-9-3-10-21-34,35-22-11-4-12-23-35)36-27-25-33(26-28-36)43-41-37-24-14-13-19-32(37)29-38(30-15-5-1-6-16-30)39(41)40(42-43)31-17-7-2-8-18-31/h1-29,44-45H. The van der Waals surface area contributed by atoms with Crippen molar-refractivity contribution in [2.45, 2.75) is 0 Å². The minimum atomic E-state index is -3.23. The molecule has 8 rings (SSSR count). The Morgan fingerprint density at radius 2 is 0.978 bits per heavy atom. The van der Waals surface area contributed by atoms with E-state index in [1.165, 1.54) is 0 Å². The third kappa shape index (κ3) is 4.65. The second-order valence-electron chi connectivity index (χ2n) is 11.4. The Kier molecular flexibility index (Phi) is 6.84. The van der Waals surface area contributed by atoms with E-state index in [4.69, 9.17) is 5.10 Å². The summed E-state index contributed by atoms with van der Waals surface area (Å²) >= 11 is 0. The molecule has 0 amide bonds. The summed E-state index contributed by atoms with van der Waals surface area (Å²) in [6.07, 6.45) is 0. The number of benzene rings is 7. The molecule has 0 saturated carbocycles. The predicted molar refractivity (Wildman–Crippen MR) is 192 cm³/mol. The van der Waals surface area contributed by atoms with E-state index in [9.17, 15) is 4.89 Å². The van der Waals surface area contributed by atoms with Gasteiger partial charge >= 0.3 is 264 Å².